The first kappa shape index (κ1) is 26.6. The maximum absolute atomic E-state index is 11.6. The SMILES string of the molecule is CCCCOCCOCCN=C(NCC)NCCC(=O)NC(C)C.I. The van der Waals surface area contributed by atoms with E-state index in [0.717, 1.165) is 26.0 Å². The Labute approximate surface area is 170 Å². The lowest BCUT2D eigenvalue weighted by Gasteiger charge is -2.12. The third kappa shape index (κ3) is 19.6. The molecule has 25 heavy (non-hydrogen) atoms. The van der Waals surface area contributed by atoms with Gasteiger partial charge in [0.05, 0.1) is 26.4 Å². The van der Waals surface area contributed by atoms with Crippen LogP contribution in [0.1, 0.15) is 47.0 Å². The van der Waals surface area contributed by atoms with Crippen molar-refractivity contribution in [3.05, 3.63) is 0 Å². The van der Waals surface area contributed by atoms with E-state index in [2.05, 4.69) is 27.9 Å². The number of rotatable bonds is 14. The number of nitrogens with one attached hydrogen (secondary N) is 3. The van der Waals surface area contributed by atoms with Crippen LogP contribution in [0.2, 0.25) is 0 Å². The molecule has 8 heteroatoms. The Kier molecular flexibility index (Phi) is 21.0. The molecule has 0 radical (unpaired) electrons. The third-order valence-electron chi connectivity index (χ3n) is 2.96. The Hall–Kier alpha value is -0.610. The molecule has 0 rings (SSSR count). The number of carbonyl (C=O) groups is 1. The molecule has 0 aromatic carbocycles. The smallest absolute Gasteiger partial charge is 0.221 e. The van der Waals surface area contributed by atoms with E-state index < -0.39 is 0 Å². The minimum absolute atomic E-state index is 0. The molecular weight excluding hydrogens is 435 g/mol. The summed E-state index contributed by atoms with van der Waals surface area (Å²) in [6.45, 7) is 12.5. The van der Waals surface area contributed by atoms with E-state index in [1.807, 2.05) is 20.8 Å². The second kappa shape index (κ2) is 19.7. The molecule has 150 valence electrons. The molecule has 0 unspecified atom stereocenters. The first-order chi connectivity index (χ1) is 11.6. The van der Waals surface area contributed by atoms with Gasteiger partial charge in [-0.15, -0.1) is 24.0 Å². The molecular formula is C17H37IN4O3. The molecule has 1 amide bonds. The van der Waals surface area contributed by atoms with Crippen molar-refractivity contribution in [2.75, 3.05) is 46.1 Å². The number of unbranched alkanes of at least 4 members (excludes halogenated alkanes) is 1. The van der Waals surface area contributed by atoms with Gasteiger partial charge in [-0.1, -0.05) is 13.3 Å². The van der Waals surface area contributed by atoms with E-state index in [1.54, 1.807) is 0 Å². The van der Waals surface area contributed by atoms with Gasteiger partial charge < -0.3 is 25.4 Å². The number of hydrogen-bond donors (Lipinski definition) is 3. The van der Waals surface area contributed by atoms with Crippen molar-refractivity contribution in [1.82, 2.24) is 16.0 Å². The van der Waals surface area contributed by atoms with Gasteiger partial charge in [0, 0.05) is 32.2 Å². The van der Waals surface area contributed by atoms with E-state index in [1.165, 1.54) is 0 Å². The minimum atomic E-state index is 0. The summed E-state index contributed by atoms with van der Waals surface area (Å²) in [6, 6.07) is 0.169. The molecule has 3 N–H and O–H groups in total. The molecule has 0 saturated carbocycles. The normalized spacial score (nSPS) is 11.2. The summed E-state index contributed by atoms with van der Waals surface area (Å²) in [4.78, 5) is 16.0. The highest BCUT2D eigenvalue weighted by Gasteiger charge is 2.03. The molecule has 0 aliphatic carbocycles. The molecule has 0 saturated heterocycles. The fourth-order valence-corrected chi connectivity index (χ4v) is 1.82. The van der Waals surface area contributed by atoms with Crippen molar-refractivity contribution in [3.63, 3.8) is 0 Å². The molecule has 7 nitrogen and oxygen atoms in total. The Bertz CT molecular complexity index is 342. The standard InChI is InChI=1S/C17H36N4O3.HI/c1-5-7-11-23-13-14-24-12-10-20-17(18-6-2)19-9-8-16(22)21-15(3)4;/h15H,5-14H2,1-4H3,(H,21,22)(H2,18,19,20);1H. The molecule has 0 spiro atoms. The van der Waals surface area contributed by atoms with Gasteiger partial charge in [-0.25, -0.2) is 0 Å². The lowest BCUT2D eigenvalue weighted by atomic mass is 10.3. The highest BCUT2D eigenvalue weighted by molar-refractivity contribution is 14.0. The monoisotopic (exact) mass is 472 g/mol. The Balaban J connectivity index is 0. The zero-order chi connectivity index (χ0) is 18.0. The lowest BCUT2D eigenvalue weighted by Crippen LogP contribution is -2.40. The molecule has 0 aromatic heterocycles. The van der Waals surface area contributed by atoms with Crippen LogP contribution in [0.5, 0.6) is 0 Å². The highest BCUT2D eigenvalue weighted by Crippen LogP contribution is 1.88. The molecule has 0 aliphatic heterocycles. The van der Waals surface area contributed by atoms with Crippen LogP contribution in [-0.4, -0.2) is 64.0 Å². The maximum atomic E-state index is 11.6. The van der Waals surface area contributed by atoms with Crippen molar-refractivity contribution in [2.24, 2.45) is 4.99 Å². The summed E-state index contributed by atoms with van der Waals surface area (Å²) >= 11 is 0. The van der Waals surface area contributed by atoms with Gasteiger partial charge in [-0.3, -0.25) is 9.79 Å². The lowest BCUT2D eigenvalue weighted by molar-refractivity contribution is -0.121. The predicted molar refractivity (Wildman–Crippen MR) is 114 cm³/mol. The Morgan fingerprint density at radius 3 is 2.32 bits per heavy atom. The van der Waals surface area contributed by atoms with E-state index in [9.17, 15) is 4.79 Å². The van der Waals surface area contributed by atoms with E-state index >= 15 is 0 Å². The highest BCUT2D eigenvalue weighted by atomic mass is 127. The number of nitrogens with zero attached hydrogens (tertiary/aromatic N) is 1. The summed E-state index contributed by atoms with van der Waals surface area (Å²) in [5.74, 6) is 0.748. The van der Waals surface area contributed by atoms with Crippen LogP contribution in [0.3, 0.4) is 0 Å². The number of ether oxygens (including phenoxy) is 2. The fraction of sp³-hybridized carbons (Fsp3) is 0.882. The summed E-state index contributed by atoms with van der Waals surface area (Å²) in [5, 5.41) is 9.16. The van der Waals surface area contributed by atoms with Crippen molar-refractivity contribution in [2.45, 2.75) is 53.0 Å². The zero-order valence-electron chi connectivity index (χ0n) is 16.2. The van der Waals surface area contributed by atoms with Gasteiger partial charge in [-0.05, 0) is 27.2 Å². The summed E-state index contributed by atoms with van der Waals surface area (Å²) in [7, 11) is 0. The number of aliphatic imine (C=N–C) groups is 1. The van der Waals surface area contributed by atoms with E-state index in [-0.39, 0.29) is 35.9 Å². The number of halogens is 1. The topological polar surface area (TPSA) is 84.0 Å². The molecule has 0 atom stereocenters. The van der Waals surface area contributed by atoms with Crippen LogP contribution < -0.4 is 16.0 Å². The minimum Gasteiger partial charge on any atom is -0.379 e. The summed E-state index contributed by atoms with van der Waals surface area (Å²) in [6.07, 6.45) is 2.67. The van der Waals surface area contributed by atoms with Crippen molar-refractivity contribution in [3.8, 4) is 0 Å². The van der Waals surface area contributed by atoms with Crippen molar-refractivity contribution >= 4 is 35.8 Å². The van der Waals surface area contributed by atoms with Crippen LogP contribution in [-0.2, 0) is 14.3 Å². The zero-order valence-corrected chi connectivity index (χ0v) is 18.6. The van der Waals surface area contributed by atoms with Crippen LogP contribution in [0, 0.1) is 0 Å². The average Bonchev–Trinajstić information content (AvgIpc) is 2.52. The third-order valence-corrected chi connectivity index (χ3v) is 2.96. The Morgan fingerprint density at radius 2 is 1.72 bits per heavy atom. The van der Waals surface area contributed by atoms with Gasteiger partial charge in [0.1, 0.15) is 0 Å². The van der Waals surface area contributed by atoms with Crippen LogP contribution in [0.25, 0.3) is 0 Å². The number of guanidine groups is 1. The molecule has 0 heterocycles. The van der Waals surface area contributed by atoms with E-state index in [4.69, 9.17) is 9.47 Å². The van der Waals surface area contributed by atoms with Gasteiger partial charge in [0.2, 0.25) is 5.91 Å². The van der Waals surface area contributed by atoms with Crippen LogP contribution in [0.15, 0.2) is 4.99 Å². The predicted octanol–water partition coefficient (Wildman–Crippen LogP) is 1.91. The van der Waals surface area contributed by atoms with Crippen LogP contribution >= 0.6 is 24.0 Å². The number of carbonyl (C=O) groups excluding carboxylic acids is 1. The second-order valence-corrected chi connectivity index (χ2v) is 5.74. The quantitative estimate of drug-likeness (QED) is 0.156. The molecule has 0 bridgehead atoms. The second-order valence-electron chi connectivity index (χ2n) is 5.74. The van der Waals surface area contributed by atoms with Crippen molar-refractivity contribution in [1.29, 1.82) is 0 Å². The average molecular weight is 472 g/mol. The van der Waals surface area contributed by atoms with Crippen LogP contribution in [0.4, 0.5) is 0 Å². The fourth-order valence-electron chi connectivity index (χ4n) is 1.82. The summed E-state index contributed by atoms with van der Waals surface area (Å²) in [5.41, 5.74) is 0. The van der Waals surface area contributed by atoms with Crippen molar-refractivity contribution < 1.29 is 14.3 Å². The molecule has 0 fully saturated rings. The van der Waals surface area contributed by atoms with E-state index in [0.29, 0.717) is 45.3 Å². The number of hydrogen-bond acceptors (Lipinski definition) is 4. The van der Waals surface area contributed by atoms with Gasteiger partial charge in [0.15, 0.2) is 5.96 Å². The van der Waals surface area contributed by atoms with Gasteiger partial charge >= 0.3 is 0 Å². The number of amides is 1. The Morgan fingerprint density at radius 1 is 1.04 bits per heavy atom. The van der Waals surface area contributed by atoms with Gasteiger partial charge in [0.25, 0.3) is 0 Å². The maximum Gasteiger partial charge on any atom is 0.221 e. The first-order valence-corrected chi connectivity index (χ1v) is 9.07. The molecule has 0 aromatic rings. The first-order valence-electron chi connectivity index (χ1n) is 9.07. The van der Waals surface area contributed by atoms with Gasteiger partial charge in [-0.2, -0.15) is 0 Å². The largest absolute Gasteiger partial charge is 0.379 e. The summed E-state index contributed by atoms with van der Waals surface area (Å²) < 4.78 is 10.9. The molecule has 0 aliphatic rings.